The van der Waals surface area contributed by atoms with Crippen LogP contribution in [0.25, 0.3) is 0 Å². The van der Waals surface area contributed by atoms with Crippen molar-refractivity contribution >= 4 is 12.6 Å². The number of methoxy groups -OCH3 is 1. The summed E-state index contributed by atoms with van der Waals surface area (Å²) in [6.45, 7) is 7.95. The molecule has 2 rings (SSSR count). The van der Waals surface area contributed by atoms with Crippen molar-refractivity contribution < 1.29 is 14.0 Å². The van der Waals surface area contributed by atoms with Crippen molar-refractivity contribution in [3.8, 4) is 11.8 Å². The summed E-state index contributed by atoms with van der Waals surface area (Å²) < 4.78 is 17.0. The van der Waals surface area contributed by atoms with Gasteiger partial charge < -0.3 is 14.0 Å². The first-order valence-corrected chi connectivity index (χ1v) is 6.10. The standard InChI is InChI=1S/C13H17BN2O3/c1-12(2)13(3,4)19-14(18-12)9-6-11(17-5)10(7-15)16-8-9/h6,8H,1-5H3. The van der Waals surface area contributed by atoms with Crippen LogP contribution in [0.5, 0.6) is 5.75 Å². The van der Waals surface area contributed by atoms with Gasteiger partial charge in [-0.3, -0.25) is 0 Å². The second-order valence-corrected chi connectivity index (χ2v) is 5.52. The van der Waals surface area contributed by atoms with Crippen molar-refractivity contribution in [3.05, 3.63) is 18.0 Å². The molecule has 6 heteroatoms. The molecular formula is C13H17BN2O3. The van der Waals surface area contributed by atoms with Gasteiger partial charge in [0.2, 0.25) is 0 Å². The van der Waals surface area contributed by atoms with Crippen molar-refractivity contribution in [2.45, 2.75) is 38.9 Å². The van der Waals surface area contributed by atoms with Gasteiger partial charge in [0.25, 0.3) is 0 Å². The Kier molecular flexibility index (Phi) is 3.29. The van der Waals surface area contributed by atoms with Gasteiger partial charge in [-0.15, -0.1) is 0 Å². The summed E-state index contributed by atoms with van der Waals surface area (Å²) in [5, 5.41) is 8.92. The van der Waals surface area contributed by atoms with E-state index in [4.69, 9.17) is 19.3 Å². The summed E-state index contributed by atoms with van der Waals surface area (Å²) in [5.41, 5.74) is 0.190. The van der Waals surface area contributed by atoms with Crippen LogP contribution in [0.4, 0.5) is 0 Å². The number of pyridine rings is 1. The zero-order chi connectivity index (χ0) is 14.3. The van der Waals surface area contributed by atoms with Crippen LogP contribution in [-0.2, 0) is 9.31 Å². The van der Waals surface area contributed by atoms with Crippen LogP contribution in [0.2, 0.25) is 0 Å². The van der Waals surface area contributed by atoms with Crippen LogP contribution < -0.4 is 10.2 Å². The zero-order valence-corrected chi connectivity index (χ0v) is 11.9. The molecule has 0 bridgehead atoms. The van der Waals surface area contributed by atoms with Crippen molar-refractivity contribution in [3.63, 3.8) is 0 Å². The lowest BCUT2D eigenvalue weighted by atomic mass is 9.80. The molecule has 2 heterocycles. The zero-order valence-electron chi connectivity index (χ0n) is 11.9. The Bertz CT molecular complexity index is 521. The minimum Gasteiger partial charge on any atom is -0.494 e. The number of nitrogens with zero attached hydrogens (tertiary/aromatic N) is 2. The predicted molar refractivity (Wildman–Crippen MR) is 71.2 cm³/mol. The summed E-state index contributed by atoms with van der Waals surface area (Å²) in [5.74, 6) is 0.426. The topological polar surface area (TPSA) is 64.4 Å². The molecular weight excluding hydrogens is 243 g/mol. The first kappa shape index (κ1) is 13.8. The number of hydrogen-bond acceptors (Lipinski definition) is 5. The van der Waals surface area contributed by atoms with E-state index < -0.39 is 18.3 Å². The lowest BCUT2D eigenvalue weighted by Crippen LogP contribution is -2.41. The number of nitriles is 1. The third kappa shape index (κ3) is 2.31. The van der Waals surface area contributed by atoms with E-state index in [0.29, 0.717) is 5.75 Å². The highest BCUT2D eigenvalue weighted by molar-refractivity contribution is 6.62. The maximum atomic E-state index is 8.92. The molecule has 100 valence electrons. The van der Waals surface area contributed by atoms with Gasteiger partial charge in [-0.1, -0.05) is 0 Å². The average Bonchev–Trinajstić information content (AvgIpc) is 2.57. The van der Waals surface area contributed by atoms with Gasteiger partial charge in [-0.05, 0) is 33.8 Å². The van der Waals surface area contributed by atoms with Crippen LogP contribution in [0, 0.1) is 11.3 Å². The Morgan fingerprint density at radius 2 is 1.84 bits per heavy atom. The van der Waals surface area contributed by atoms with E-state index in [1.165, 1.54) is 7.11 Å². The fraction of sp³-hybridized carbons (Fsp3) is 0.538. The summed E-state index contributed by atoms with van der Waals surface area (Å²) in [6, 6.07) is 3.71. The largest absolute Gasteiger partial charge is 0.496 e. The van der Waals surface area contributed by atoms with E-state index in [9.17, 15) is 0 Å². The van der Waals surface area contributed by atoms with E-state index in [1.54, 1.807) is 12.3 Å². The molecule has 0 radical (unpaired) electrons. The van der Waals surface area contributed by atoms with Crippen molar-refractivity contribution in [1.82, 2.24) is 4.98 Å². The molecule has 19 heavy (non-hydrogen) atoms. The third-order valence-corrected chi connectivity index (χ3v) is 3.73. The summed E-state index contributed by atoms with van der Waals surface area (Å²) in [4.78, 5) is 4.06. The molecule has 1 fully saturated rings. The van der Waals surface area contributed by atoms with Gasteiger partial charge in [-0.25, -0.2) is 4.98 Å². The maximum absolute atomic E-state index is 8.92. The van der Waals surface area contributed by atoms with Gasteiger partial charge in [0.15, 0.2) is 11.4 Å². The highest BCUT2D eigenvalue weighted by Crippen LogP contribution is 2.36. The lowest BCUT2D eigenvalue weighted by Gasteiger charge is -2.32. The van der Waals surface area contributed by atoms with Crippen molar-refractivity contribution in [2.24, 2.45) is 0 Å². The second-order valence-electron chi connectivity index (χ2n) is 5.52. The van der Waals surface area contributed by atoms with E-state index in [1.807, 2.05) is 33.8 Å². The van der Waals surface area contributed by atoms with Crippen LogP contribution in [0.1, 0.15) is 33.4 Å². The fourth-order valence-corrected chi connectivity index (χ4v) is 1.81. The van der Waals surface area contributed by atoms with Crippen LogP contribution in [0.3, 0.4) is 0 Å². The molecule has 1 saturated heterocycles. The molecule has 0 N–H and O–H groups in total. The molecule has 0 atom stereocenters. The summed E-state index contributed by atoms with van der Waals surface area (Å²) in [7, 11) is 1.01. The Hall–Kier alpha value is -1.58. The predicted octanol–water partition coefficient (Wildman–Crippen LogP) is 1.26. The molecule has 1 aliphatic heterocycles. The quantitative estimate of drug-likeness (QED) is 0.749. The third-order valence-electron chi connectivity index (χ3n) is 3.73. The van der Waals surface area contributed by atoms with Crippen LogP contribution >= 0.6 is 0 Å². The molecule has 0 saturated carbocycles. The minimum atomic E-state index is -0.501. The van der Waals surface area contributed by atoms with E-state index in [0.717, 1.165) is 5.46 Å². The Balaban J connectivity index is 2.33. The highest BCUT2D eigenvalue weighted by atomic mass is 16.7. The molecule has 1 aromatic heterocycles. The van der Waals surface area contributed by atoms with Gasteiger partial charge in [-0.2, -0.15) is 5.26 Å². The van der Waals surface area contributed by atoms with Gasteiger partial charge in [0, 0.05) is 11.7 Å². The van der Waals surface area contributed by atoms with Crippen LogP contribution in [0.15, 0.2) is 12.3 Å². The highest BCUT2D eigenvalue weighted by Gasteiger charge is 2.51. The first-order chi connectivity index (χ1) is 8.80. The van der Waals surface area contributed by atoms with E-state index >= 15 is 0 Å². The molecule has 5 nitrogen and oxygen atoms in total. The SMILES string of the molecule is COc1cc(B2OC(C)(C)C(C)(C)O2)cnc1C#N. The molecule has 1 aromatic rings. The molecule has 0 aromatic carbocycles. The number of aromatic nitrogens is 1. The molecule has 0 spiro atoms. The smallest absolute Gasteiger partial charge is 0.494 e. The second kappa shape index (κ2) is 4.51. The number of rotatable bonds is 2. The Labute approximate surface area is 113 Å². The molecule has 1 aliphatic rings. The van der Waals surface area contributed by atoms with E-state index in [2.05, 4.69) is 4.98 Å². The summed E-state index contributed by atoms with van der Waals surface area (Å²) >= 11 is 0. The first-order valence-electron chi connectivity index (χ1n) is 6.10. The lowest BCUT2D eigenvalue weighted by molar-refractivity contribution is 0.00578. The van der Waals surface area contributed by atoms with Gasteiger partial charge in [0.1, 0.15) is 6.07 Å². The maximum Gasteiger partial charge on any atom is 0.496 e. The average molecular weight is 260 g/mol. The van der Waals surface area contributed by atoms with Crippen molar-refractivity contribution in [1.29, 1.82) is 5.26 Å². The van der Waals surface area contributed by atoms with Crippen molar-refractivity contribution in [2.75, 3.05) is 7.11 Å². The normalized spacial score (nSPS) is 20.1. The Morgan fingerprint density at radius 1 is 1.26 bits per heavy atom. The van der Waals surface area contributed by atoms with Gasteiger partial charge in [0.05, 0.1) is 18.3 Å². The number of ether oxygens (including phenoxy) is 1. The molecule has 0 unspecified atom stereocenters. The molecule has 0 aliphatic carbocycles. The minimum absolute atomic E-state index is 0.253. The number of hydrogen-bond donors (Lipinski definition) is 0. The van der Waals surface area contributed by atoms with E-state index in [-0.39, 0.29) is 5.69 Å². The van der Waals surface area contributed by atoms with Crippen LogP contribution in [-0.4, -0.2) is 30.4 Å². The fourth-order valence-electron chi connectivity index (χ4n) is 1.81. The Morgan fingerprint density at radius 3 is 2.32 bits per heavy atom. The summed E-state index contributed by atoms with van der Waals surface area (Å²) in [6.07, 6.45) is 1.59. The monoisotopic (exact) mass is 260 g/mol. The molecule has 0 amide bonds. The van der Waals surface area contributed by atoms with Gasteiger partial charge >= 0.3 is 7.12 Å².